The number of nitrogens with one attached hydrogen (secondary N) is 1. The molecule has 0 amide bonds. The summed E-state index contributed by atoms with van der Waals surface area (Å²) in [6, 6.07) is 14.5. The Labute approximate surface area is 159 Å². The second-order valence-electron chi connectivity index (χ2n) is 6.75. The molecule has 2 heterocycles. The van der Waals surface area contributed by atoms with Gasteiger partial charge in [-0.2, -0.15) is 4.31 Å². The lowest BCUT2D eigenvalue weighted by molar-refractivity contribution is 0.310. The standard InChI is InChI=1S/C20H23N3O3S/c1-2-26-16-9-11-17(12-10-16)27(24,25)23-13-5-6-15(14-23)20-21-18-7-3-4-8-19(18)22-20/h3-4,7-12,15H,2,5-6,13-14H2,1H3,(H,21,22). The van der Waals surface area contributed by atoms with Crippen molar-refractivity contribution in [3.05, 3.63) is 54.4 Å². The van der Waals surface area contributed by atoms with Crippen LogP contribution in [-0.4, -0.2) is 42.4 Å². The number of fused-ring (bicyclic) bond motifs is 1. The number of hydrogen-bond donors (Lipinski definition) is 1. The van der Waals surface area contributed by atoms with Crippen LogP contribution in [0.25, 0.3) is 11.0 Å². The Morgan fingerprint density at radius 2 is 1.96 bits per heavy atom. The van der Waals surface area contributed by atoms with Gasteiger partial charge in [-0.05, 0) is 56.2 Å². The third-order valence-electron chi connectivity index (χ3n) is 4.95. The highest BCUT2D eigenvalue weighted by atomic mass is 32.2. The molecule has 2 aromatic carbocycles. The van der Waals surface area contributed by atoms with Crippen molar-refractivity contribution in [1.82, 2.24) is 14.3 Å². The number of rotatable bonds is 5. The van der Waals surface area contributed by atoms with Crippen molar-refractivity contribution in [2.75, 3.05) is 19.7 Å². The first-order chi connectivity index (χ1) is 13.1. The summed E-state index contributed by atoms with van der Waals surface area (Å²) in [5.41, 5.74) is 1.90. The number of sulfonamides is 1. The van der Waals surface area contributed by atoms with Crippen LogP contribution < -0.4 is 4.74 Å². The fraction of sp³-hybridized carbons (Fsp3) is 0.350. The molecular formula is C20H23N3O3S. The van der Waals surface area contributed by atoms with E-state index in [0.29, 0.717) is 30.3 Å². The van der Waals surface area contributed by atoms with Gasteiger partial charge in [-0.25, -0.2) is 13.4 Å². The van der Waals surface area contributed by atoms with Gasteiger partial charge >= 0.3 is 0 Å². The van der Waals surface area contributed by atoms with Gasteiger partial charge in [0, 0.05) is 19.0 Å². The van der Waals surface area contributed by atoms with Crippen molar-refractivity contribution in [2.45, 2.75) is 30.6 Å². The van der Waals surface area contributed by atoms with Crippen molar-refractivity contribution in [3.63, 3.8) is 0 Å². The maximum atomic E-state index is 13.1. The zero-order chi connectivity index (χ0) is 18.9. The van der Waals surface area contributed by atoms with Crippen molar-refractivity contribution >= 4 is 21.1 Å². The lowest BCUT2D eigenvalue weighted by Gasteiger charge is -2.31. The van der Waals surface area contributed by atoms with Gasteiger partial charge in [-0.15, -0.1) is 0 Å². The van der Waals surface area contributed by atoms with E-state index >= 15 is 0 Å². The van der Waals surface area contributed by atoms with E-state index in [1.807, 2.05) is 31.2 Å². The molecule has 0 aliphatic carbocycles. The van der Waals surface area contributed by atoms with E-state index in [0.717, 1.165) is 29.7 Å². The Kier molecular flexibility index (Phi) is 4.88. The Hall–Kier alpha value is -2.38. The Balaban J connectivity index is 1.56. The number of ether oxygens (including phenoxy) is 1. The SMILES string of the molecule is CCOc1ccc(S(=O)(=O)N2CCCC(c3nc4ccccc4[nH]3)C2)cc1. The minimum absolute atomic E-state index is 0.0728. The number of benzene rings is 2. The molecule has 1 N–H and O–H groups in total. The number of hydrogen-bond acceptors (Lipinski definition) is 4. The smallest absolute Gasteiger partial charge is 0.243 e. The Morgan fingerprint density at radius 1 is 1.19 bits per heavy atom. The van der Waals surface area contributed by atoms with Gasteiger partial charge < -0.3 is 9.72 Å². The zero-order valence-electron chi connectivity index (χ0n) is 15.3. The summed E-state index contributed by atoms with van der Waals surface area (Å²) in [4.78, 5) is 8.32. The van der Waals surface area contributed by atoms with E-state index in [9.17, 15) is 8.42 Å². The number of H-pyrrole nitrogens is 1. The molecule has 1 fully saturated rings. The molecule has 142 valence electrons. The van der Waals surface area contributed by atoms with E-state index in [2.05, 4.69) is 9.97 Å². The van der Waals surface area contributed by atoms with E-state index < -0.39 is 10.0 Å². The number of nitrogens with zero attached hydrogens (tertiary/aromatic N) is 2. The molecule has 0 saturated carbocycles. The molecule has 1 saturated heterocycles. The third-order valence-corrected chi connectivity index (χ3v) is 6.83. The molecule has 1 aromatic heterocycles. The molecule has 1 aliphatic heterocycles. The van der Waals surface area contributed by atoms with Crippen molar-refractivity contribution in [2.24, 2.45) is 0 Å². The van der Waals surface area contributed by atoms with Gasteiger partial charge in [0.2, 0.25) is 10.0 Å². The van der Waals surface area contributed by atoms with Gasteiger partial charge in [-0.3, -0.25) is 0 Å². The van der Waals surface area contributed by atoms with E-state index in [1.165, 1.54) is 0 Å². The van der Waals surface area contributed by atoms with Gasteiger partial charge in [0.15, 0.2) is 0 Å². The van der Waals surface area contributed by atoms with Crippen LogP contribution in [0.15, 0.2) is 53.4 Å². The molecule has 4 rings (SSSR count). The van der Waals surface area contributed by atoms with E-state index in [-0.39, 0.29) is 5.92 Å². The fourth-order valence-corrected chi connectivity index (χ4v) is 5.10. The van der Waals surface area contributed by atoms with E-state index in [1.54, 1.807) is 28.6 Å². The summed E-state index contributed by atoms with van der Waals surface area (Å²) in [7, 11) is -3.53. The molecule has 1 unspecified atom stereocenters. The van der Waals surface area contributed by atoms with Crippen LogP contribution in [0, 0.1) is 0 Å². The quantitative estimate of drug-likeness (QED) is 0.729. The molecular weight excluding hydrogens is 362 g/mol. The topological polar surface area (TPSA) is 75.3 Å². The third kappa shape index (κ3) is 3.57. The molecule has 0 bridgehead atoms. The monoisotopic (exact) mass is 385 g/mol. The first kappa shape index (κ1) is 18.0. The van der Waals surface area contributed by atoms with Crippen LogP contribution >= 0.6 is 0 Å². The maximum absolute atomic E-state index is 13.1. The largest absolute Gasteiger partial charge is 0.494 e. The van der Waals surface area contributed by atoms with Crippen LogP contribution in [0.4, 0.5) is 0 Å². The highest BCUT2D eigenvalue weighted by Crippen LogP contribution is 2.30. The summed E-state index contributed by atoms with van der Waals surface area (Å²) in [5, 5.41) is 0. The summed E-state index contributed by atoms with van der Waals surface area (Å²) in [6.07, 6.45) is 1.74. The first-order valence-corrected chi connectivity index (χ1v) is 10.7. The highest BCUT2D eigenvalue weighted by Gasteiger charge is 2.32. The van der Waals surface area contributed by atoms with Crippen LogP contribution in [0.3, 0.4) is 0 Å². The van der Waals surface area contributed by atoms with Gasteiger partial charge in [0.25, 0.3) is 0 Å². The Morgan fingerprint density at radius 3 is 2.70 bits per heavy atom. The van der Waals surface area contributed by atoms with Crippen molar-refractivity contribution in [1.29, 1.82) is 0 Å². The highest BCUT2D eigenvalue weighted by molar-refractivity contribution is 7.89. The van der Waals surface area contributed by atoms with Crippen LogP contribution in [0.2, 0.25) is 0 Å². The number of imidazole rings is 1. The Bertz CT molecular complexity index is 995. The van der Waals surface area contributed by atoms with Gasteiger partial charge in [0.05, 0.1) is 22.5 Å². The molecule has 3 aromatic rings. The van der Waals surface area contributed by atoms with Crippen molar-refractivity contribution in [3.8, 4) is 5.75 Å². The number of para-hydroxylation sites is 2. The average molecular weight is 385 g/mol. The minimum Gasteiger partial charge on any atom is -0.494 e. The molecule has 1 aliphatic rings. The zero-order valence-corrected chi connectivity index (χ0v) is 16.1. The first-order valence-electron chi connectivity index (χ1n) is 9.25. The van der Waals surface area contributed by atoms with Crippen molar-refractivity contribution < 1.29 is 13.2 Å². The van der Waals surface area contributed by atoms with E-state index in [4.69, 9.17) is 4.74 Å². The summed E-state index contributed by atoms with van der Waals surface area (Å²) >= 11 is 0. The van der Waals surface area contributed by atoms with Gasteiger partial charge in [-0.1, -0.05) is 12.1 Å². The molecule has 6 nitrogen and oxygen atoms in total. The minimum atomic E-state index is -3.53. The lowest BCUT2D eigenvalue weighted by atomic mass is 9.99. The number of piperidine rings is 1. The summed E-state index contributed by atoms with van der Waals surface area (Å²) < 4.78 is 33.1. The summed E-state index contributed by atoms with van der Waals surface area (Å²) in [5.74, 6) is 1.61. The summed E-state index contributed by atoms with van der Waals surface area (Å²) in [6.45, 7) is 3.43. The molecule has 0 spiro atoms. The second kappa shape index (κ2) is 7.32. The lowest BCUT2D eigenvalue weighted by Crippen LogP contribution is -2.39. The maximum Gasteiger partial charge on any atom is 0.243 e. The van der Waals surface area contributed by atoms with Crippen LogP contribution in [0.5, 0.6) is 5.75 Å². The molecule has 27 heavy (non-hydrogen) atoms. The predicted octanol–water partition coefficient (Wildman–Crippen LogP) is 3.53. The molecule has 7 heteroatoms. The number of aromatic amines is 1. The normalized spacial score (nSPS) is 18.6. The van der Waals surface area contributed by atoms with Crippen LogP contribution in [-0.2, 0) is 10.0 Å². The average Bonchev–Trinajstić information content (AvgIpc) is 3.13. The second-order valence-corrected chi connectivity index (χ2v) is 8.68. The predicted molar refractivity (Wildman–Crippen MR) is 104 cm³/mol. The molecule has 1 atom stereocenters. The molecule has 0 radical (unpaired) electrons. The van der Waals surface area contributed by atoms with Crippen LogP contribution in [0.1, 0.15) is 31.5 Å². The number of aromatic nitrogens is 2. The fourth-order valence-electron chi connectivity index (χ4n) is 3.57. The van der Waals surface area contributed by atoms with Gasteiger partial charge in [0.1, 0.15) is 11.6 Å².